The first-order valence-corrected chi connectivity index (χ1v) is 10.0. The zero-order chi connectivity index (χ0) is 20.4. The normalized spacial score (nSPS) is 10.9. The van der Waals surface area contributed by atoms with Gasteiger partial charge in [0.2, 0.25) is 11.7 Å². The molecule has 2 aromatic heterocycles. The second-order valence-corrected chi connectivity index (χ2v) is 7.65. The molecule has 0 amide bonds. The average Bonchev–Trinajstić information content (AvgIpc) is 3.37. The van der Waals surface area contributed by atoms with Gasteiger partial charge in [0.1, 0.15) is 5.01 Å². The number of nitrogens with zero attached hydrogens (tertiary/aromatic N) is 3. The molecule has 0 unspecified atom stereocenters. The summed E-state index contributed by atoms with van der Waals surface area (Å²) in [6.45, 7) is 4.20. The summed E-state index contributed by atoms with van der Waals surface area (Å²) in [5.74, 6) is 2.31. The summed E-state index contributed by atoms with van der Waals surface area (Å²) in [5, 5.41) is 7.10. The van der Waals surface area contributed by atoms with Gasteiger partial charge in [-0.05, 0) is 37.6 Å². The Morgan fingerprint density at radius 1 is 0.966 bits per heavy atom. The van der Waals surface area contributed by atoms with E-state index in [0.717, 1.165) is 21.8 Å². The predicted octanol–water partition coefficient (Wildman–Crippen LogP) is 5.08. The van der Waals surface area contributed by atoms with Gasteiger partial charge in [0, 0.05) is 16.5 Å². The van der Waals surface area contributed by atoms with Gasteiger partial charge in [-0.25, -0.2) is 4.98 Å². The summed E-state index contributed by atoms with van der Waals surface area (Å²) in [5.41, 5.74) is 5.38. The summed E-state index contributed by atoms with van der Waals surface area (Å²) < 4.78 is 16.1. The molecule has 0 aliphatic rings. The van der Waals surface area contributed by atoms with E-state index in [2.05, 4.69) is 47.6 Å². The predicted molar refractivity (Wildman–Crippen MR) is 113 cm³/mol. The second kappa shape index (κ2) is 8.05. The first-order chi connectivity index (χ1) is 14.1. The lowest BCUT2D eigenvalue weighted by Gasteiger charge is -2.07. The van der Waals surface area contributed by atoms with Crippen LogP contribution in [0.4, 0.5) is 0 Å². The van der Waals surface area contributed by atoms with E-state index in [1.807, 2.05) is 18.2 Å². The molecule has 4 aromatic rings. The topological polar surface area (TPSA) is 70.3 Å². The smallest absolute Gasteiger partial charge is 0.233 e. The van der Waals surface area contributed by atoms with Crippen molar-refractivity contribution in [1.82, 2.24) is 15.1 Å². The molecule has 0 N–H and O–H groups in total. The first-order valence-electron chi connectivity index (χ1n) is 9.14. The van der Waals surface area contributed by atoms with Crippen molar-refractivity contribution in [3.8, 4) is 34.1 Å². The fourth-order valence-electron chi connectivity index (χ4n) is 3.17. The first kappa shape index (κ1) is 19.1. The standard InChI is InChI=1S/C22H21N3O3S/c1-13-5-7-16(14(2)9-13)17-12-29-21(23-17)11-20-24-22(25-28-20)15-6-8-18(26-3)19(10-15)27-4/h5-10,12H,11H2,1-4H3. The molecule has 0 saturated carbocycles. The Morgan fingerprint density at radius 2 is 1.79 bits per heavy atom. The van der Waals surface area contributed by atoms with Crippen LogP contribution in [0.15, 0.2) is 46.3 Å². The van der Waals surface area contributed by atoms with E-state index in [9.17, 15) is 0 Å². The lowest BCUT2D eigenvalue weighted by molar-refractivity contribution is 0.355. The molecule has 29 heavy (non-hydrogen) atoms. The molecule has 4 rings (SSSR count). The van der Waals surface area contributed by atoms with Gasteiger partial charge in [-0.2, -0.15) is 4.98 Å². The van der Waals surface area contributed by atoms with Crippen LogP contribution in [0.3, 0.4) is 0 Å². The maximum absolute atomic E-state index is 5.44. The highest BCUT2D eigenvalue weighted by molar-refractivity contribution is 7.10. The highest BCUT2D eigenvalue weighted by Crippen LogP contribution is 2.31. The molecule has 0 spiro atoms. The Morgan fingerprint density at radius 3 is 2.55 bits per heavy atom. The molecule has 0 aliphatic heterocycles. The van der Waals surface area contributed by atoms with Gasteiger partial charge in [0.05, 0.1) is 26.3 Å². The monoisotopic (exact) mass is 407 g/mol. The van der Waals surface area contributed by atoms with E-state index >= 15 is 0 Å². The Bertz CT molecular complexity index is 1150. The van der Waals surface area contributed by atoms with Crippen LogP contribution in [0, 0.1) is 13.8 Å². The van der Waals surface area contributed by atoms with Crippen LogP contribution in [0.2, 0.25) is 0 Å². The Kier molecular flexibility index (Phi) is 5.31. The zero-order valence-corrected chi connectivity index (χ0v) is 17.5. The summed E-state index contributed by atoms with van der Waals surface area (Å²) in [6, 6.07) is 11.9. The molecule has 7 heteroatoms. The highest BCUT2D eigenvalue weighted by atomic mass is 32.1. The molecule has 6 nitrogen and oxygen atoms in total. The fourth-order valence-corrected chi connectivity index (χ4v) is 3.95. The number of hydrogen-bond acceptors (Lipinski definition) is 7. The number of aryl methyl sites for hydroxylation is 2. The summed E-state index contributed by atoms with van der Waals surface area (Å²) >= 11 is 1.59. The number of methoxy groups -OCH3 is 2. The van der Waals surface area contributed by atoms with Gasteiger partial charge >= 0.3 is 0 Å². The number of benzene rings is 2. The Hall–Kier alpha value is -3.19. The van der Waals surface area contributed by atoms with Crippen LogP contribution < -0.4 is 9.47 Å². The molecule has 2 heterocycles. The van der Waals surface area contributed by atoms with Gasteiger partial charge in [0.25, 0.3) is 0 Å². The number of hydrogen-bond donors (Lipinski definition) is 0. The molecular weight excluding hydrogens is 386 g/mol. The Labute approximate surface area is 173 Å². The molecule has 0 radical (unpaired) electrons. The van der Waals surface area contributed by atoms with Crippen molar-refractivity contribution in [2.75, 3.05) is 14.2 Å². The van der Waals surface area contributed by atoms with Gasteiger partial charge in [-0.15, -0.1) is 11.3 Å². The van der Waals surface area contributed by atoms with E-state index in [1.54, 1.807) is 25.6 Å². The van der Waals surface area contributed by atoms with Gasteiger partial charge in [-0.3, -0.25) is 0 Å². The SMILES string of the molecule is COc1ccc(-c2noc(Cc3nc(-c4ccc(C)cc4C)cs3)n2)cc1OC. The maximum Gasteiger partial charge on any atom is 0.233 e. The van der Waals surface area contributed by atoms with Crippen LogP contribution in [-0.2, 0) is 6.42 Å². The minimum Gasteiger partial charge on any atom is -0.493 e. The van der Waals surface area contributed by atoms with Crippen LogP contribution in [0.25, 0.3) is 22.6 Å². The summed E-state index contributed by atoms with van der Waals surface area (Å²) in [7, 11) is 3.20. The highest BCUT2D eigenvalue weighted by Gasteiger charge is 2.14. The largest absolute Gasteiger partial charge is 0.493 e. The minimum absolute atomic E-state index is 0.496. The minimum atomic E-state index is 0.496. The number of rotatable bonds is 6. The van der Waals surface area contributed by atoms with Crippen molar-refractivity contribution in [3.05, 3.63) is 63.8 Å². The molecule has 0 aliphatic carbocycles. The van der Waals surface area contributed by atoms with Gasteiger partial charge in [0.15, 0.2) is 11.5 Å². The number of aromatic nitrogens is 3. The lowest BCUT2D eigenvalue weighted by atomic mass is 10.0. The third-order valence-electron chi connectivity index (χ3n) is 4.62. The molecule has 148 valence electrons. The van der Waals surface area contributed by atoms with Gasteiger partial charge in [-0.1, -0.05) is 28.9 Å². The number of ether oxygens (including phenoxy) is 2. The third-order valence-corrected chi connectivity index (χ3v) is 5.47. The van der Waals surface area contributed by atoms with Gasteiger partial charge < -0.3 is 14.0 Å². The quantitative estimate of drug-likeness (QED) is 0.444. The van der Waals surface area contributed by atoms with Crippen molar-refractivity contribution in [1.29, 1.82) is 0 Å². The van der Waals surface area contributed by atoms with Crippen LogP contribution in [0.5, 0.6) is 11.5 Å². The van der Waals surface area contributed by atoms with Crippen molar-refractivity contribution < 1.29 is 14.0 Å². The van der Waals surface area contributed by atoms with E-state index in [1.165, 1.54) is 11.1 Å². The van der Waals surface area contributed by atoms with Crippen molar-refractivity contribution in [2.24, 2.45) is 0 Å². The lowest BCUT2D eigenvalue weighted by Crippen LogP contribution is -1.92. The fraction of sp³-hybridized carbons (Fsp3) is 0.227. The van der Waals surface area contributed by atoms with Crippen molar-refractivity contribution in [2.45, 2.75) is 20.3 Å². The van der Waals surface area contributed by atoms with E-state index in [4.69, 9.17) is 19.0 Å². The zero-order valence-electron chi connectivity index (χ0n) is 16.7. The van der Waals surface area contributed by atoms with Crippen LogP contribution in [0.1, 0.15) is 22.0 Å². The number of thiazole rings is 1. The van der Waals surface area contributed by atoms with E-state index in [-0.39, 0.29) is 0 Å². The molecule has 2 aromatic carbocycles. The molecule has 0 bridgehead atoms. The summed E-state index contributed by atoms with van der Waals surface area (Å²) in [6.07, 6.45) is 0.496. The maximum atomic E-state index is 5.44. The van der Waals surface area contributed by atoms with Crippen LogP contribution >= 0.6 is 11.3 Å². The molecule has 0 atom stereocenters. The second-order valence-electron chi connectivity index (χ2n) is 6.70. The molecule has 0 fully saturated rings. The van der Waals surface area contributed by atoms with E-state index in [0.29, 0.717) is 29.6 Å². The average molecular weight is 407 g/mol. The molecular formula is C22H21N3O3S. The van der Waals surface area contributed by atoms with Crippen LogP contribution in [-0.4, -0.2) is 29.3 Å². The molecule has 0 saturated heterocycles. The third kappa shape index (κ3) is 4.00. The van der Waals surface area contributed by atoms with E-state index < -0.39 is 0 Å². The Balaban J connectivity index is 1.54. The van der Waals surface area contributed by atoms with Crippen molar-refractivity contribution >= 4 is 11.3 Å². The van der Waals surface area contributed by atoms with Crippen molar-refractivity contribution in [3.63, 3.8) is 0 Å². The summed E-state index contributed by atoms with van der Waals surface area (Å²) in [4.78, 5) is 9.26.